The van der Waals surface area contributed by atoms with Gasteiger partial charge in [0, 0.05) is 10.9 Å². The number of H-pyrrole nitrogens is 1. The Morgan fingerprint density at radius 2 is 2.29 bits per heavy atom. The van der Waals surface area contributed by atoms with Crippen molar-refractivity contribution in [3.63, 3.8) is 0 Å². The van der Waals surface area contributed by atoms with Gasteiger partial charge in [-0.15, -0.1) is 11.3 Å². The first-order valence-electron chi connectivity index (χ1n) is 4.91. The Kier molecular flexibility index (Phi) is 2.46. The number of aromatic nitrogens is 2. The van der Waals surface area contributed by atoms with Crippen LogP contribution in [0.4, 0.5) is 0 Å². The molecule has 0 atom stereocenters. The van der Waals surface area contributed by atoms with Crippen LogP contribution in [-0.2, 0) is 0 Å². The Morgan fingerprint density at radius 3 is 3.00 bits per heavy atom. The molecule has 1 aromatic carbocycles. The van der Waals surface area contributed by atoms with E-state index in [1.807, 2.05) is 23.6 Å². The summed E-state index contributed by atoms with van der Waals surface area (Å²) in [5, 5.41) is 11.0. The second kappa shape index (κ2) is 3.99. The molecule has 0 spiro atoms. The van der Waals surface area contributed by atoms with Gasteiger partial charge in [0.15, 0.2) is 0 Å². The first-order valence-corrected chi connectivity index (χ1v) is 6.58. The molecule has 3 aromatic rings. The molecule has 0 saturated heterocycles. The van der Waals surface area contributed by atoms with Gasteiger partial charge in [-0.05, 0) is 34.1 Å². The molecule has 0 radical (unpaired) electrons. The van der Waals surface area contributed by atoms with Crippen LogP contribution in [0.5, 0.6) is 0 Å². The predicted octanol–water partition coefficient (Wildman–Crippen LogP) is 3.93. The number of imidazole rings is 1. The largest absolute Gasteiger partial charge is 0.338 e. The molecule has 0 bridgehead atoms. The molecule has 0 fully saturated rings. The average molecular weight is 304 g/mol. The molecule has 1 N–H and O–H groups in total. The van der Waals surface area contributed by atoms with Crippen molar-refractivity contribution in [2.45, 2.75) is 0 Å². The molecule has 0 amide bonds. The Hall–Kier alpha value is -1.64. The lowest BCUT2D eigenvalue weighted by Gasteiger charge is -1.88. The van der Waals surface area contributed by atoms with Crippen molar-refractivity contribution in [3.8, 4) is 17.5 Å². The molecule has 0 unspecified atom stereocenters. The number of benzene rings is 1. The van der Waals surface area contributed by atoms with Gasteiger partial charge in [-0.25, -0.2) is 4.98 Å². The highest BCUT2D eigenvalue weighted by atomic mass is 79.9. The summed E-state index contributed by atoms with van der Waals surface area (Å²) < 4.78 is 1.06. The summed E-state index contributed by atoms with van der Waals surface area (Å²) in [5.74, 6) is 0.796. The van der Waals surface area contributed by atoms with Crippen LogP contribution in [0, 0.1) is 11.3 Å². The van der Waals surface area contributed by atoms with Crippen molar-refractivity contribution in [3.05, 3.63) is 39.0 Å². The maximum absolute atomic E-state index is 9.01. The van der Waals surface area contributed by atoms with Crippen molar-refractivity contribution in [1.82, 2.24) is 9.97 Å². The van der Waals surface area contributed by atoms with Crippen LogP contribution in [0.2, 0.25) is 0 Å². The van der Waals surface area contributed by atoms with Crippen molar-refractivity contribution < 1.29 is 0 Å². The van der Waals surface area contributed by atoms with Crippen LogP contribution in [0.3, 0.4) is 0 Å². The number of para-hydroxylation sites is 1. The van der Waals surface area contributed by atoms with Crippen LogP contribution >= 0.6 is 27.3 Å². The van der Waals surface area contributed by atoms with E-state index in [4.69, 9.17) is 5.26 Å². The fourth-order valence-corrected chi connectivity index (χ4v) is 2.83. The van der Waals surface area contributed by atoms with Gasteiger partial charge in [0.25, 0.3) is 0 Å². The lowest BCUT2D eigenvalue weighted by Crippen LogP contribution is -1.77. The highest BCUT2D eigenvalue weighted by Gasteiger charge is 2.09. The third-order valence-electron chi connectivity index (χ3n) is 2.47. The number of hydrogen-bond acceptors (Lipinski definition) is 3. The maximum atomic E-state index is 9.01. The van der Waals surface area contributed by atoms with Crippen LogP contribution in [0.25, 0.3) is 22.4 Å². The molecule has 5 heteroatoms. The fraction of sp³-hybridized carbons (Fsp3) is 0. The van der Waals surface area contributed by atoms with Gasteiger partial charge in [0.1, 0.15) is 17.4 Å². The van der Waals surface area contributed by atoms with Crippen LogP contribution in [0.15, 0.2) is 33.4 Å². The van der Waals surface area contributed by atoms with E-state index in [1.54, 1.807) is 17.4 Å². The molecule has 17 heavy (non-hydrogen) atoms. The van der Waals surface area contributed by atoms with Gasteiger partial charge < -0.3 is 4.98 Å². The maximum Gasteiger partial charge on any atom is 0.139 e. The summed E-state index contributed by atoms with van der Waals surface area (Å²) in [7, 11) is 0. The van der Waals surface area contributed by atoms with Crippen LogP contribution in [-0.4, -0.2) is 9.97 Å². The molecule has 2 heterocycles. The van der Waals surface area contributed by atoms with Gasteiger partial charge in [-0.3, -0.25) is 0 Å². The Labute approximate surface area is 110 Å². The van der Waals surface area contributed by atoms with E-state index in [-0.39, 0.29) is 0 Å². The monoisotopic (exact) mass is 303 g/mol. The number of aromatic amines is 1. The lowest BCUT2D eigenvalue weighted by molar-refractivity contribution is 1.34. The van der Waals surface area contributed by atoms with E-state index in [0.717, 1.165) is 26.2 Å². The first kappa shape index (κ1) is 10.5. The van der Waals surface area contributed by atoms with Crippen molar-refractivity contribution in [2.75, 3.05) is 0 Å². The predicted molar refractivity (Wildman–Crippen MR) is 71.8 cm³/mol. The fourth-order valence-electron chi connectivity index (χ4n) is 1.69. The Morgan fingerprint density at radius 1 is 1.41 bits per heavy atom. The summed E-state index contributed by atoms with van der Waals surface area (Å²) in [4.78, 5) is 7.70. The van der Waals surface area contributed by atoms with Gasteiger partial charge in [-0.2, -0.15) is 5.26 Å². The van der Waals surface area contributed by atoms with Gasteiger partial charge in [-0.1, -0.05) is 6.07 Å². The molecular formula is C12H6BrN3S. The van der Waals surface area contributed by atoms with Crippen LogP contribution in [0.1, 0.15) is 5.56 Å². The lowest BCUT2D eigenvalue weighted by atomic mass is 10.2. The number of halogens is 1. The number of nitrogens with zero attached hydrogens (tertiary/aromatic N) is 2. The number of thiophene rings is 1. The molecule has 3 nitrogen and oxygen atoms in total. The number of fused-ring (bicyclic) bond motifs is 1. The summed E-state index contributed by atoms with van der Waals surface area (Å²) in [6.07, 6.45) is 0. The van der Waals surface area contributed by atoms with E-state index in [1.165, 1.54) is 0 Å². The molecule has 0 aliphatic carbocycles. The highest BCUT2D eigenvalue weighted by Crippen LogP contribution is 2.29. The molecule has 0 aliphatic heterocycles. The van der Waals surface area contributed by atoms with Gasteiger partial charge in [0.05, 0.1) is 14.9 Å². The number of hydrogen-bond donors (Lipinski definition) is 1. The van der Waals surface area contributed by atoms with Crippen molar-refractivity contribution >= 4 is 38.3 Å². The second-order valence-corrected chi connectivity index (χ2v) is 5.83. The number of nitrogens with one attached hydrogen (secondary N) is 1. The molecule has 0 aliphatic rings. The quantitative estimate of drug-likeness (QED) is 0.740. The molecule has 82 valence electrons. The third kappa shape index (κ3) is 1.75. The molecule has 3 rings (SSSR count). The number of rotatable bonds is 1. The van der Waals surface area contributed by atoms with Gasteiger partial charge >= 0.3 is 0 Å². The van der Waals surface area contributed by atoms with E-state index < -0.39 is 0 Å². The van der Waals surface area contributed by atoms with E-state index in [2.05, 4.69) is 32.0 Å². The van der Waals surface area contributed by atoms with Crippen molar-refractivity contribution in [1.29, 1.82) is 5.26 Å². The number of nitriles is 1. The standard InChI is InChI=1S/C12H6BrN3S/c13-10-4-8(6-17-10)12-15-9-3-1-2-7(5-14)11(9)16-12/h1-4,6H,(H,15,16). The summed E-state index contributed by atoms with van der Waals surface area (Å²) in [5.41, 5.74) is 3.25. The zero-order chi connectivity index (χ0) is 11.8. The third-order valence-corrected chi connectivity index (χ3v) is 3.98. The van der Waals surface area contributed by atoms with E-state index in [9.17, 15) is 0 Å². The Balaban J connectivity index is 2.24. The zero-order valence-electron chi connectivity index (χ0n) is 8.57. The molecule has 2 aromatic heterocycles. The Bertz CT molecular complexity index is 736. The van der Waals surface area contributed by atoms with Crippen molar-refractivity contribution in [2.24, 2.45) is 0 Å². The second-order valence-electron chi connectivity index (χ2n) is 3.54. The minimum atomic E-state index is 0.597. The average Bonchev–Trinajstić information content (AvgIpc) is 2.93. The zero-order valence-corrected chi connectivity index (χ0v) is 11.0. The van der Waals surface area contributed by atoms with Gasteiger partial charge in [0.2, 0.25) is 0 Å². The summed E-state index contributed by atoms with van der Waals surface area (Å²) >= 11 is 5.04. The van der Waals surface area contributed by atoms with E-state index in [0.29, 0.717) is 5.56 Å². The first-order chi connectivity index (χ1) is 8.28. The van der Waals surface area contributed by atoms with Crippen LogP contribution < -0.4 is 0 Å². The van der Waals surface area contributed by atoms with E-state index >= 15 is 0 Å². The minimum absolute atomic E-state index is 0.597. The smallest absolute Gasteiger partial charge is 0.139 e. The SMILES string of the molecule is N#Cc1cccc2[nH]c(-c3csc(Br)c3)nc12. The normalized spacial score (nSPS) is 10.6. The minimum Gasteiger partial charge on any atom is -0.338 e. The summed E-state index contributed by atoms with van der Waals surface area (Å²) in [6, 6.07) is 9.71. The molecule has 0 saturated carbocycles. The topological polar surface area (TPSA) is 52.5 Å². The summed E-state index contributed by atoms with van der Waals surface area (Å²) in [6.45, 7) is 0. The molecular weight excluding hydrogens is 298 g/mol. The highest BCUT2D eigenvalue weighted by molar-refractivity contribution is 9.11.